The Morgan fingerprint density at radius 2 is 1.85 bits per heavy atom. The van der Waals surface area contributed by atoms with Gasteiger partial charge in [-0.2, -0.15) is 5.10 Å². The van der Waals surface area contributed by atoms with Crippen molar-refractivity contribution in [3.63, 3.8) is 0 Å². The second-order valence-corrected chi connectivity index (χ2v) is 10.2. The van der Waals surface area contributed by atoms with Gasteiger partial charge in [-0.15, -0.1) is 0 Å². The maximum Gasteiger partial charge on any atom is 0.259 e. The van der Waals surface area contributed by atoms with E-state index in [1.165, 1.54) is 18.5 Å². The molecular formula is C29H28FN7O3. The van der Waals surface area contributed by atoms with Crippen molar-refractivity contribution in [1.82, 2.24) is 24.6 Å². The monoisotopic (exact) mass is 541 g/mol. The van der Waals surface area contributed by atoms with Gasteiger partial charge < -0.3 is 21.1 Å². The van der Waals surface area contributed by atoms with E-state index in [1.54, 1.807) is 39.9 Å². The van der Waals surface area contributed by atoms with Crippen LogP contribution in [0.15, 0.2) is 66.5 Å². The quantitative estimate of drug-likeness (QED) is 0.205. The van der Waals surface area contributed by atoms with Crippen molar-refractivity contribution in [2.75, 3.05) is 18.8 Å². The minimum Gasteiger partial charge on any atom is -0.457 e. The standard InChI is InChI=1S/C29H28FN7O3/c30-19-3-1-5-22(14-19)40-21-10-8-18(9-11-21)25-24-26(31)33-16-34-28(24)37(35-25)20-4-2-12-36(15-20)29(39)23(27(32)38)13-17-6-7-17/h1,3,5,8-11,13-14,16-17,20H,2,4,6-7,12,15H2,(H2,32,38)(H2,31,33,34)/t20-/m0/s1. The molecular weight excluding hydrogens is 513 g/mol. The Labute approximate surface area is 229 Å². The highest BCUT2D eigenvalue weighted by Crippen LogP contribution is 2.36. The predicted molar refractivity (Wildman–Crippen MR) is 146 cm³/mol. The lowest BCUT2D eigenvalue weighted by Gasteiger charge is -2.33. The summed E-state index contributed by atoms with van der Waals surface area (Å²) in [6.07, 6.45) is 6.54. The topological polar surface area (TPSA) is 142 Å². The molecule has 4 N–H and O–H groups in total. The van der Waals surface area contributed by atoms with Crippen LogP contribution >= 0.6 is 0 Å². The number of fused-ring (bicyclic) bond motifs is 1. The number of hydrogen-bond donors (Lipinski definition) is 2. The molecule has 204 valence electrons. The van der Waals surface area contributed by atoms with Gasteiger partial charge in [-0.05, 0) is 68.0 Å². The number of aromatic nitrogens is 4. The SMILES string of the molecule is NC(=O)C(=CC1CC1)C(=O)N1CCC[C@H](n2nc(-c3ccc(Oc4cccc(F)c4)cc3)c3c(N)ncnc32)C1. The highest BCUT2D eigenvalue weighted by molar-refractivity contribution is 6.17. The van der Waals surface area contributed by atoms with Crippen molar-refractivity contribution >= 4 is 28.7 Å². The van der Waals surface area contributed by atoms with Gasteiger partial charge in [0.1, 0.15) is 40.7 Å². The van der Waals surface area contributed by atoms with Gasteiger partial charge in [-0.25, -0.2) is 19.0 Å². The second kappa shape index (κ2) is 10.4. The van der Waals surface area contributed by atoms with Gasteiger partial charge >= 0.3 is 0 Å². The van der Waals surface area contributed by atoms with E-state index >= 15 is 0 Å². The summed E-state index contributed by atoms with van der Waals surface area (Å²) in [7, 11) is 0. The fourth-order valence-corrected chi connectivity index (χ4v) is 5.07. The average molecular weight is 542 g/mol. The number of ether oxygens (including phenoxy) is 1. The second-order valence-electron chi connectivity index (χ2n) is 10.2. The summed E-state index contributed by atoms with van der Waals surface area (Å²) in [6.45, 7) is 0.884. The van der Waals surface area contributed by atoms with E-state index in [1.807, 2.05) is 12.1 Å². The van der Waals surface area contributed by atoms with Crippen LogP contribution < -0.4 is 16.2 Å². The highest BCUT2D eigenvalue weighted by atomic mass is 19.1. The molecule has 1 saturated heterocycles. The Kier molecular flexibility index (Phi) is 6.63. The number of halogens is 1. The molecule has 11 heteroatoms. The Balaban J connectivity index is 1.29. The number of rotatable bonds is 7. The zero-order valence-corrected chi connectivity index (χ0v) is 21.7. The summed E-state index contributed by atoms with van der Waals surface area (Å²) in [4.78, 5) is 35.6. The summed E-state index contributed by atoms with van der Waals surface area (Å²) in [5.74, 6) is 0.0408. The molecule has 2 aromatic heterocycles. The zero-order valence-electron chi connectivity index (χ0n) is 21.7. The molecule has 10 nitrogen and oxygen atoms in total. The van der Waals surface area contributed by atoms with Crippen molar-refractivity contribution < 1.29 is 18.7 Å². The van der Waals surface area contributed by atoms with Crippen molar-refractivity contribution in [3.8, 4) is 22.8 Å². The maximum atomic E-state index is 13.5. The van der Waals surface area contributed by atoms with Gasteiger partial charge in [0, 0.05) is 24.7 Å². The van der Waals surface area contributed by atoms with Gasteiger partial charge in [0.05, 0.1) is 11.4 Å². The molecule has 1 atom stereocenters. The fraction of sp³-hybridized carbons (Fsp3) is 0.276. The first kappa shape index (κ1) is 25.5. The van der Waals surface area contributed by atoms with Crippen LogP contribution in [0.1, 0.15) is 31.7 Å². The van der Waals surface area contributed by atoms with E-state index in [0.29, 0.717) is 47.1 Å². The lowest BCUT2D eigenvalue weighted by atomic mass is 10.0. The molecule has 4 aromatic rings. The van der Waals surface area contributed by atoms with Crippen molar-refractivity contribution in [3.05, 3.63) is 72.3 Å². The number of carbonyl (C=O) groups is 2. The van der Waals surface area contributed by atoms with E-state index < -0.39 is 5.91 Å². The summed E-state index contributed by atoms with van der Waals surface area (Å²) < 4.78 is 21.1. The number of piperidine rings is 1. The summed E-state index contributed by atoms with van der Waals surface area (Å²) in [6, 6.07) is 13.0. The number of allylic oxidation sites excluding steroid dienone is 1. The molecule has 3 heterocycles. The van der Waals surface area contributed by atoms with Gasteiger partial charge in [-0.3, -0.25) is 9.59 Å². The van der Waals surface area contributed by atoms with E-state index in [0.717, 1.165) is 31.2 Å². The number of nitrogens with zero attached hydrogens (tertiary/aromatic N) is 5. The number of anilines is 1. The highest BCUT2D eigenvalue weighted by Gasteiger charge is 2.32. The lowest BCUT2D eigenvalue weighted by molar-refractivity contribution is -0.131. The summed E-state index contributed by atoms with van der Waals surface area (Å²) in [5.41, 5.74) is 13.8. The molecule has 2 amide bonds. The largest absolute Gasteiger partial charge is 0.457 e. The van der Waals surface area contributed by atoms with Crippen LogP contribution in [-0.2, 0) is 9.59 Å². The van der Waals surface area contributed by atoms with Crippen LogP contribution in [0, 0.1) is 11.7 Å². The number of likely N-dealkylation sites (tertiary alicyclic amines) is 1. The summed E-state index contributed by atoms with van der Waals surface area (Å²) >= 11 is 0. The molecule has 1 aliphatic carbocycles. The number of hydrogen-bond acceptors (Lipinski definition) is 7. The molecule has 40 heavy (non-hydrogen) atoms. The minimum absolute atomic E-state index is 0.0567. The molecule has 0 bridgehead atoms. The maximum absolute atomic E-state index is 13.5. The van der Waals surface area contributed by atoms with Crippen LogP contribution in [-0.4, -0.2) is 49.6 Å². The first-order chi connectivity index (χ1) is 19.4. The third-order valence-corrected chi connectivity index (χ3v) is 7.23. The minimum atomic E-state index is -0.698. The molecule has 1 aliphatic heterocycles. The zero-order chi connectivity index (χ0) is 27.8. The molecule has 2 aliphatic rings. The van der Waals surface area contributed by atoms with Crippen LogP contribution in [0.5, 0.6) is 11.5 Å². The number of primary amides is 1. The first-order valence-corrected chi connectivity index (χ1v) is 13.2. The summed E-state index contributed by atoms with van der Waals surface area (Å²) in [5, 5.41) is 5.51. The number of amides is 2. The Hall–Kier alpha value is -4.80. The van der Waals surface area contributed by atoms with E-state index in [9.17, 15) is 14.0 Å². The third-order valence-electron chi connectivity index (χ3n) is 7.23. The number of nitrogens with two attached hydrogens (primary N) is 2. The van der Waals surface area contributed by atoms with Gasteiger partial charge in [-0.1, -0.05) is 12.1 Å². The molecule has 1 saturated carbocycles. The number of nitrogen functional groups attached to an aromatic ring is 1. The van der Waals surface area contributed by atoms with Crippen molar-refractivity contribution in [2.45, 2.75) is 31.7 Å². The normalized spacial score (nSPS) is 17.7. The molecule has 6 rings (SSSR count). The van der Waals surface area contributed by atoms with Crippen LogP contribution in [0.3, 0.4) is 0 Å². The van der Waals surface area contributed by atoms with Crippen molar-refractivity contribution in [2.24, 2.45) is 11.7 Å². The molecule has 0 radical (unpaired) electrons. The third kappa shape index (κ3) is 5.09. The Morgan fingerprint density at radius 1 is 1.05 bits per heavy atom. The van der Waals surface area contributed by atoms with Gasteiger partial charge in [0.15, 0.2) is 5.65 Å². The number of carbonyl (C=O) groups excluding carboxylic acids is 2. The van der Waals surface area contributed by atoms with E-state index in [4.69, 9.17) is 21.3 Å². The first-order valence-electron chi connectivity index (χ1n) is 13.2. The Morgan fingerprint density at radius 3 is 2.58 bits per heavy atom. The molecule has 0 spiro atoms. The van der Waals surface area contributed by atoms with Crippen LogP contribution in [0.25, 0.3) is 22.3 Å². The predicted octanol–water partition coefficient (Wildman–Crippen LogP) is 3.99. The number of benzene rings is 2. The van der Waals surface area contributed by atoms with Crippen LogP contribution in [0.4, 0.5) is 10.2 Å². The average Bonchev–Trinajstić information content (AvgIpc) is 3.69. The lowest BCUT2D eigenvalue weighted by Crippen LogP contribution is -2.43. The van der Waals surface area contributed by atoms with Gasteiger partial charge in [0.2, 0.25) is 0 Å². The van der Waals surface area contributed by atoms with Crippen LogP contribution in [0.2, 0.25) is 0 Å². The van der Waals surface area contributed by atoms with Crippen molar-refractivity contribution in [1.29, 1.82) is 0 Å². The fourth-order valence-electron chi connectivity index (χ4n) is 5.07. The molecule has 0 unspecified atom stereocenters. The van der Waals surface area contributed by atoms with E-state index in [-0.39, 0.29) is 29.3 Å². The Bertz CT molecular complexity index is 1630. The van der Waals surface area contributed by atoms with Gasteiger partial charge in [0.25, 0.3) is 11.8 Å². The van der Waals surface area contributed by atoms with E-state index in [2.05, 4.69) is 9.97 Å². The molecule has 2 fully saturated rings. The molecule has 2 aromatic carbocycles. The smallest absolute Gasteiger partial charge is 0.259 e.